The number of aliphatic hydroxyl groups is 2. The van der Waals surface area contributed by atoms with Gasteiger partial charge in [0.25, 0.3) is 0 Å². The molecule has 33 heavy (non-hydrogen) atoms. The molecule has 0 saturated carbocycles. The van der Waals surface area contributed by atoms with Crippen molar-refractivity contribution in [2.75, 3.05) is 0 Å². The number of esters is 1. The molecular weight excluding hydrogens is 435 g/mol. The topological polar surface area (TPSA) is 83.8 Å². The Bertz CT molecular complexity index is 1090. The minimum atomic E-state index is -3.51. The molecule has 0 bridgehead atoms. The molecule has 5 nitrogen and oxygen atoms in total. The number of ether oxygens (including phenoxy) is 1. The highest BCUT2D eigenvalue weighted by Gasteiger charge is 2.60. The van der Waals surface area contributed by atoms with Gasteiger partial charge in [-0.15, -0.1) is 0 Å². The van der Waals surface area contributed by atoms with Crippen molar-refractivity contribution in [1.29, 1.82) is 0 Å². The van der Waals surface area contributed by atoms with Crippen LogP contribution in [0.5, 0.6) is 0 Å². The molecule has 1 aliphatic heterocycles. The van der Waals surface area contributed by atoms with Crippen molar-refractivity contribution in [1.82, 2.24) is 0 Å². The molecule has 0 unspecified atom stereocenters. The van der Waals surface area contributed by atoms with Gasteiger partial charge < -0.3 is 19.5 Å². The third-order valence-corrected chi connectivity index (χ3v) is 10.3. The molecular formula is C27H29O5P. The maximum Gasteiger partial charge on any atom is 0.310 e. The second-order valence-corrected chi connectivity index (χ2v) is 11.8. The van der Waals surface area contributed by atoms with Crippen molar-refractivity contribution in [2.45, 2.75) is 43.7 Å². The lowest BCUT2D eigenvalue weighted by Gasteiger charge is -2.39. The van der Waals surface area contributed by atoms with E-state index in [0.29, 0.717) is 17.0 Å². The molecule has 4 rings (SSSR count). The number of benzene rings is 3. The predicted molar refractivity (Wildman–Crippen MR) is 129 cm³/mol. The molecule has 1 aliphatic rings. The molecule has 0 aromatic heterocycles. The van der Waals surface area contributed by atoms with Gasteiger partial charge in [-0.2, -0.15) is 0 Å². The first-order valence-corrected chi connectivity index (χ1v) is 12.9. The summed E-state index contributed by atoms with van der Waals surface area (Å²) in [4.78, 5) is 13.2. The van der Waals surface area contributed by atoms with Crippen LogP contribution >= 0.6 is 7.14 Å². The Labute approximate surface area is 194 Å². The normalized spacial score (nSPS) is 23.5. The number of carbonyl (C=O) groups is 1. The quantitative estimate of drug-likeness (QED) is 0.414. The zero-order valence-electron chi connectivity index (χ0n) is 18.7. The van der Waals surface area contributed by atoms with E-state index in [4.69, 9.17) is 4.74 Å². The summed E-state index contributed by atoms with van der Waals surface area (Å²) in [7, 11) is -3.51. The Morgan fingerprint density at radius 2 is 1.36 bits per heavy atom. The van der Waals surface area contributed by atoms with E-state index >= 15 is 4.57 Å². The second-order valence-electron chi connectivity index (χ2n) is 8.88. The molecule has 172 valence electrons. The van der Waals surface area contributed by atoms with Crippen LogP contribution < -0.4 is 10.6 Å². The summed E-state index contributed by atoms with van der Waals surface area (Å²) in [5, 5.41) is 22.8. The Balaban J connectivity index is 1.94. The molecule has 0 spiro atoms. The largest absolute Gasteiger partial charge is 0.458 e. The van der Waals surface area contributed by atoms with Gasteiger partial charge in [-0.1, -0.05) is 91.0 Å². The van der Waals surface area contributed by atoms with Gasteiger partial charge in [-0.05, 0) is 25.8 Å². The molecule has 3 aromatic rings. The summed E-state index contributed by atoms with van der Waals surface area (Å²) in [5.41, 5.74) is -1.74. The van der Waals surface area contributed by atoms with Crippen LogP contribution in [-0.2, 0) is 20.5 Å². The number of cyclic esters (lactones) is 1. The van der Waals surface area contributed by atoms with Crippen LogP contribution in [-0.4, -0.2) is 39.7 Å². The van der Waals surface area contributed by atoms with Gasteiger partial charge in [0.1, 0.15) is 11.7 Å². The minimum absolute atomic E-state index is 0.320. The van der Waals surface area contributed by atoms with Gasteiger partial charge in [0.2, 0.25) is 0 Å². The number of rotatable bonds is 7. The van der Waals surface area contributed by atoms with E-state index < -0.39 is 42.5 Å². The average Bonchev–Trinajstić information content (AvgIpc) is 3.17. The van der Waals surface area contributed by atoms with Crippen molar-refractivity contribution in [3.63, 3.8) is 0 Å². The standard InChI is InChI=1S/C27H29O5P/c1-19(28)27(2,30)25-24(23(26(29)32-25)18-20-12-6-3-7-13-20)33(31,21-14-8-4-9-15-21)22-16-10-5-11-17-22/h3-17,19,23-25,28,30H,18H2,1-2H3/t19-,23+,24+,25-,27+/m0/s1. The number of aliphatic hydroxyl groups excluding tert-OH is 1. The van der Waals surface area contributed by atoms with E-state index in [1.165, 1.54) is 13.8 Å². The first-order valence-electron chi connectivity index (χ1n) is 11.1. The smallest absolute Gasteiger partial charge is 0.310 e. The SMILES string of the molecule is C[C@H](O)[C@@](C)(O)[C@H]1OC(=O)[C@H](Cc2ccccc2)[C@H]1P(=O)(c1ccccc1)c1ccccc1. The fourth-order valence-corrected chi connectivity index (χ4v) is 8.34. The van der Waals surface area contributed by atoms with E-state index in [2.05, 4.69) is 0 Å². The van der Waals surface area contributed by atoms with E-state index in [9.17, 15) is 15.0 Å². The Morgan fingerprint density at radius 3 is 1.82 bits per heavy atom. The van der Waals surface area contributed by atoms with Gasteiger partial charge in [-0.3, -0.25) is 4.79 Å². The maximum absolute atomic E-state index is 15.2. The first kappa shape index (κ1) is 23.4. The van der Waals surface area contributed by atoms with Gasteiger partial charge in [0, 0.05) is 10.6 Å². The molecule has 1 saturated heterocycles. The van der Waals surface area contributed by atoms with Crippen molar-refractivity contribution < 1.29 is 24.3 Å². The van der Waals surface area contributed by atoms with Crippen LogP contribution in [0.4, 0.5) is 0 Å². The molecule has 6 heteroatoms. The number of hydrogen-bond donors (Lipinski definition) is 2. The van der Waals surface area contributed by atoms with E-state index in [1.807, 2.05) is 66.7 Å². The van der Waals surface area contributed by atoms with Crippen molar-refractivity contribution >= 4 is 23.7 Å². The van der Waals surface area contributed by atoms with E-state index in [-0.39, 0.29) is 0 Å². The van der Waals surface area contributed by atoms with Crippen molar-refractivity contribution in [3.8, 4) is 0 Å². The summed E-state index contributed by atoms with van der Waals surface area (Å²) < 4.78 is 21.0. The zero-order valence-corrected chi connectivity index (χ0v) is 19.6. The summed E-state index contributed by atoms with van der Waals surface area (Å²) in [6.45, 7) is 2.89. The summed E-state index contributed by atoms with van der Waals surface area (Å²) in [6, 6.07) is 27.7. The van der Waals surface area contributed by atoms with Gasteiger partial charge >= 0.3 is 5.97 Å². The highest BCUT2D eigenvalue weighted by atomic mass is 31.2. The Hall–Kier alpha value is -2.72. The molecule has 0 radical (unpaired) electrons. The highest BCUT2D eigenvalue weighted by Crippen LogP contribution is 2.58. The van der Waals surface area contributed by atoms with Crippen LogP contribution in [0.3, 0.4) is 0 Å². The lowest BCUT2D eigenvalue weighted by atomic mass is 9.86. The molecule has 5 atom stereocenters. The van der Waals surface area contributed by atoms with Crippen molar-refractivity contribution in [2.24, 2.45) is 5.92 Å². The monoisotopic (exact) mass is 464 g/mol. The molecule has 3 aromatic carbocycles. The lowest BCUT2D eigenvalue weighted by molar-refractivity contribution is -0.163. The Morgan fingerprint density at radius 1 is 0.909 bits per heavy atom. The zero-order chi connectivity index (χ0) is 23.6. The van der Waals surface area contributed by atoms with E-state index in [0.717, 1.165) is 5.56 Å². The first-order chi connectivity index (χ1) is 15.8. The van der Waals surface area contributed by atoms with Crippen LogP contribution in [0, 0.1) is 5.92 Å². The van der Waals surface area contributed by atoms with Crippen LogP contribution in [0.2, 0.25) is 0 Å². The minimum Gasteiger partial charge on any atom is -0.458 e. The predicted octanol–water partition coefficient (Wildman–Crippen LogP) is 3.29. The van der Waals surface area contributed by atoms with Gasteiger partial charge in [-0.25, -0.2) is 0 Å². The maximum atomic E-state index is 15.2. The molecule has 0 aliphatic carbocycles. The Kier molecular flexibility index (Phi) is 6.58. The molecule has 0 amide bonds. The second kappa shape index (κ2) is 9.26. The fourth-order valence-electron chi connectivity index (χ4n) is 4.64. The molecule has 2 N–H and O–H groups in total. The van der Waals surface area contributed by atoms with E-state index in [1.54, 1.807) is 24.3 Å². The van der Waals surface area contributed by atoms with Gasteiger partial charge in [0.05, 0.1) is 17.7 Å². The summed E-state index contributed by atoms with van der Waals surface area (Å²) >= 11 is 0. The third-order valence-electron chi connectivity index (χ3n) is 6.69. The van der Waals surface area contributed by atoms with Crippen LogP contribution in [0.15, 0.2) is 91.0 Å². The van der Waals surface area contributed by atoms with Crippen LogP contribution in [0.25, 0.3) is 0 Å². The molecule has 1 heterocycles. The van der Waals surface area contributed by atoms with Crippen LogP contribution in [0.1, 0.15) is 19.4 Å². The number of carbonyl (C=O) groups excluding carboxylic acids is 1. The van der Waals surface area contributed by atoms with Gasteiger partial charge in [0.15, 0.2) is 7.14 Å². The summed E-state index contributed by atoms with van der Waals surface area (Å²) in [6.07, 6.45) is -2.03. The average molecular weight is 464 g/mol. The highest BCUT2D eigenvalue weighted by molar-refractivity contribution is 7.79. The fraction of sp³-hybridized carbons (Fsp3) is 0.296. The molecule has 1 fully saturated rings. The third kappa shape index (κ3) is 4.29. The number of hydrogen-bond acceptors (Lipinski definition) is 5. The van der Waals surface area contributed by atoms with Crippen molar-refractivity contribution in [3.05, 3.63) is 96.6 Å². The summed E-state index contributed by atoms with van der Waals surface area (Å²) in [5.74, 6) is -1.27. The lowest BCUT2D eigenvalue weighted by Crippen LogP contribution is -2.54.